The maximum atomic E-state index is 5.42. The predicted octanol–water partition coefficient (Wildman–Crippen LogP) is 3.73. The minimum atomic E-state index is 1.01. The Morgan fingerprint density at radius 1 is 1.20 bits per heavy atom. The fraction of sp³-hybridized carbons (Fsp3) is 0.200. The second-order valence-electron chi connectivity index (χ2n) is 3.88. The molecule has 0 fully saturated rings. The zero-order chi connectivity index (χ0) is 10.7. The summed E-state index contributed by atoms with van der Waals surface area (Å²) in [5, 5.41) is 0. The molecule has 0 saturated heterocycles. The topological polar surface area (TPSA) is 0 Å². The van der Waals surface area contributed by atoms with Gasteiger partial charge in [-0.2, -0.15) is 0 Å². The maximum Gasteiger partial charge on any atom is 0.00267 e. The van der Waals surface area contributed by atoms with Gasteiger partial charge < -0.3 is 0 Å². The summed E-state index contributed by atoms with van der Waals surface area (Å²) >= 11 is 0. The van der Waals surface area contributed by atoms with Crippen molar-refractivity contribution in [3.8, 4) is 12.3 Å². The van der Waals surface area contributed by atoms with Crippen molar-refractivity contribution in [2.75, 3.05) is 0 Å². The Labute approximate surface area is 91.3 Å². The van der Waals surface area contributed by atoms with Crippen molar-refractivity contribution in [2.45, 2.75) is 19.8 Å². The van der Waals surface area contributed by atoms with Gasteiger partial charge in [-0.1, -0.05) is 41.8 Å². The summed E-state index contributed by atoms with van der Waals surface area (Å²) in [6, 6.07) is 8.57. The third-order valence-corrected chi connectivity index (χ3v) is 2.68. The first kappa shape index (κ1) is 9.80. The Bertz CT molecular complexity index is 450. The first-order valence-electron chi connectivity index (χ1n) is 5.24. The van der Waals surface area contributed by atoms with Crippen LogP contribution in [0.1, 0.15) is 24.0 Å². The molecule has 0 nitrogen and oxygen atoms in total. The van der Waals surface area contributed by atoms with E-state index in [9.17, 15) is 0 Å². The molecule has 1 aromatic carbocycles. The van der Waals surface area contributed by atoms with Crippen molar-refractivity contribution in [1.82, 2.24) is 0 Å². The molecule has 0 unspecified atom stereocenters. The van der Waals surface area contributed by atoms with E-state index in [1.165, 1.54) is 16.7 Å². The van der Waals surface area contributed by atoms with Gasteiger partial charge in [-0.3, -0.25) is 0 Å². The van der Waals surface area contributed by atoms with Crippen LogP contribution in [0.25, 0.3) is 5.57 Å². The number of benzene rings is 1. The van der Waals surface area contributed by atoms with Gasteiger partial charge in [-0.25, -0.2) is 0 Å². The minimum absolute atomic E-state index is 1.01. The van der Waals surface area contributed by atoms with E-state index in [0.717, 1.165) is 18.4 Å². The maximum absolute atomic E-state index is 5.42. The van der Waals surface area contributed by atoms with Crippen LogP contribution in [0.5, 0.6) is 0 Å². The smallest absolute Gasteiger partial charge is 0.00267 e. The van der Waals surface area contributed by atoms with Crippen LogP contribution >= 0.6 is 0 Å². The van der Waals surface area contributed by atoms with Crippen molar-refractivity contribution < 1.29 is 0 Å². The first-order valence-corrected chi connectivity index (χ1v) is 5.24. The van der Waals surface area contributed by atoms with Gasteiger partial charge in [-0.15, -0.1) is 6.42 Å². The molecule has 0 heteroatoms. The van der Waals surface area contributed by atoms with Gasteiger partial charge in [0.2, 0.25) is 0 Å². The molecule has 0 spiro atoms. The summed E-state index contributed by atoms with van der Waals surface area (Å²) in [6.07, 6.45) is 11.9. The lowest BCUT2D eigenvalue weighted by molar-refractivity contribution is 1.00. The van der Waals surface area contributed by atoms with Crippen LogP contribution in [0.2, 0.25) is 0 Å². The predicted molar refractivity (Wildman–Crippen MR) is 65.3 cm³/mol. The second kappa shape index (κ2) is 4.19. The third-order valence-electron chi connectivity index (χ3n) is 2.68. The molecular formula is C15H14. The normalized spacial score (nSPS) is 15.2. The summed E-state index contributed by atoms with van der Waals surface area (Å²) < 4.78 is 0. The van der Waals surface area contributed by atoms with Crippen LogP contribution in [-0.2, 0) is 0 Å². The van der Waals surface area contributed by atoms with Crippen molar-refractivity contribution in [2.24, 2.45) is 0 Å². The van der Waals surface area contributed by atoms with Gasteiger partial charge in [0.1, 0.15) is 0 Å². The Balaban J connectivity index is 2.33. The Kier molecular flexibility index (Phi) is 2.74. The van der Waals surface area contributed by atoms with Crippen molar-refractivity contribution >= 4 is 5.57 Å². The van der Waals surface area contributed by atoms with Crippen molar-refractivity contribution in [3.05, 3.63) is 53.1 Å². The highest BCUT2D eigenvalue weighted by atomic mass is 14.1. The van der Waals surface area contributed by atoms with E-state index in [4.69, 9.17) is 6.42 Å². The van der Waals surface area contributed by atoms with Gasteiger partial charge >= 0.3 is 0 Å². The van der Waals surface area contributed by atoms with Crippen LogP contribution in [0.15, 0.2) is 42.0 Å². The fourth-order valence-corrected chi connectivity index (χ4v) is 1.76. The Hall–Kier alpha value is -1.74. The molecule has 1 aromatic rings. The molecule has 15 heavy (non-hydrogen) atoms. The van der Waals surface area contributed by atoms with Gasteiger partial charge in [-0.05, 0) is 37.0 Å². The van der Waals surface area contributed by atoms with Gasteiger partial charge in [0, 0.05) is 5.57 Å². The molecule has 74 valence electrons. The largest absolute Gasteiger partial charge is 0.115 e. The zero-order valence-corrected chi connectivity index (χ0v) is 8.96. The summed E-state index contributed by atoms with van der Waals surface area (Å²) in [4.78, 5) is 0. The van der Waals surface area contributed by atoms with Gasteiger partial charge in [0.05, 0.1) is 0 Å². The lowest BCUT2D eigenvalue weighted by Gasteiger charge is -2.10. The standard InChI is InChI=1S/C15H14/c1-3-13-5-4-6-15(11-13)14-9-7-12(2)8-10-14/h1,6-11H,4-5H2,2H3. The third kappa shape index (κ3) is 2.19. The average Bonchev–Trinajstić information content (AvgIpc) is 2.30. The molecule has 0 radical (unpaired) electrons. The summed E-state index contributed by atoms with van der Waals surface area (Å²) in [5.41, 5.74) is 4.91. The highest BCUT2D eigenvalue weighted by Crippen LogP contribution is 2.24. The van der Waals surface area contributed by atoms with Crippen LogP contribution < -0.4 is 0 Å². The number of allylic oxidation sites excluding steroid dienone is 4. The lowest BCUT2D eigenvalue weighted by Crippen LogP contribution is -1.90. The fourth-order valence-electron chi connectivity index (χ4n) is 1.76. The van der Waals surface area contributed by atoms with E-state index in [0.29, 0.717) is 0 Å². The highest BCUT2D eigenvalue weighted by molar-refractivity contribution is 5.76. The summed E-state index contributed by atoms with van der Waals surface area (Å²) in [5.74, 6) is 2.74. The molecule has 0 atom stereocenters. The Morgan fingerprint density at radius 2 is 1.93 bits per heavy atom. The molecule has 0 saturated carbocycles. The highest BCUT2D eigenvalue weighted by Gasteiger charge is 2.05. The van der Waals surface area contributed by atoms with Crippen LogP contribution in [-0.4, -0.2) is 0 Å². The number of rotatable bonds is 1. The minimum Gasteiger partial charge on any atom is -0.115 e. The SMILES string of the molecule is C#CC1=CC(c2ccc(C)cc2)=CCC1. The monoisotopic (exact) mass is 194 g/mol. The number of terminal acetylenes is 1. The van der Waals surface area contributed by atoms with Crippen molar-refractivity contribution in [1.29, 1.82) is 0 Å². The van der Waals surface area contributed by atoms with Crippen LogP contribution in [0.3, 0.4) is 0 Å². The summed E-state index contributed by atoms with van der Waals surface area (Å²) in [7, 11) is 0. The molecule has 1 aliphatic carbocycles. The molecule has 2 rings (SSSR count). The van der Waals surface area contributed by atoms with E-state index >= 15 is 0 Å². The molecule has 0 aromatic heterocycles. The van der Waals surface area contributed by atoms with E-state index < -0.39 is 0 Å². The van der Waals surface area contributed by atoms with Crippen LogP contribution in [0.4, 0.5) is 0 Å². The number of hydrogen-bond acceptors (Lipinski definition) is 0. The van der Waals surface area contributed by atoms with E-state index in [-0.39, 0.29) is 0 Å². The van der Waals surface area contributed by atoms with Crippen LogP contribution in [0, 0.1) is 19.3 Å². The lowest BCUT2D eigenvalue weighted by atomic mass is 9.94. The number of aryl methyl sites for hydroxylation is 1. The molecule has 0 amide bonds. The number of hydrogen-bond donors (Lipinski definition) is 0. The second-order valence-corrected chi connectivity index (χ2v) is 3.88. The van der Waals surface area contributed by atoms with E-state index in [2.05, 4.69) is 49.3 Å². The molecule has 0 bridgehead atoms. The quantitative estimate of drug-likeness (QED) is 0.597. The van der Waals surface area contributed by atoms with E-state index in [1.807, 2.05) is 0 Å². The first-order chi connectivity index (χ1) is 7.29. The Morgan fingerprint density at radius 3 is 2.60 bits per heavy atom. The molecule has 0 N–H and O–H groups in total. The summed E-state index contributed by atoms with van der Waals surface area (Å²) in [6.45, 7) is 2.10. The molecule has 0 heterocycles. The zero-order valence-electron chi connectivity index (χ0n) is 8.96. The van der Waals surface area contributed by atoms with E-state index in [1.54, 1.807) is 0 Å². The average molecular weight is 194 g/mol. The molecule has 1 aliphatic rings. The van der Waals surface area contributed by atoms with Crippen molar-refractivity contribution in [3.63, 3.8) is 0 Å². The van der Waals surface area contributed by atoms with Gasteiger partial charge in [0.15, 0.2) is 0 Å². The van der Waals surface area contributed by atoms with Gasteiger partial charge in [0.25, 0.3) is 0 Å². The molecular weight excluding hydrogens is 180 g/mol. The molecule has 0 aliphatic heterocycles.